The molecule has 7 nitrogen and oxygen atoms in total. The lowest BCUT2D eigenvalue weighted by Crippen LogP contribution is -2.31. The fraction of sp³-hybridized carbons (Fsp3) is 0.458. The van der Waals surface area contributed by atoms with Gasteiger partial charge in [-0.25, -0.2) is 19.1 Å². The highest BCUT2D eigenvalue weighted by Gasteiger charge is 2.26. The molecule has 32 heavy (non-hydrogen) atoms. The molecule has 2 aromatic rings. The van der Waals surface area contributed by atoms with Gasteiger partial charge in [-0.05, 0) is 53.7 Å². The number of nitrogens with zero attached hydrogens (tertiary/aromatic N) is 2. The van der Waals surface area contributed by atoms with Crippen LogP contribution < -0.4 is 5.32 Å². The third-order valence-corrected chi connectivity index (χ3v) is 4.59. The molecule has 0 saturated heterocycles. The van der Waals surface area contributed by atoms with Gasteiger partial charge in [0.25, 0.3) is 0 Å². The van der Waals surface area contributed by atoms with Gasteiger partial charge in [-0.15, -0.1) is 5.54 Å². The van der Waals surface area contributed by atoms with Gasteiger partial charge in [0.2, 0.25) is 5.95 Å². The van der Waals surface area contributed by atoms with Crippen LogP contribution in [0.15, 0.2) is 30.5 Å². The zero-order chi connectivity index (χ0) is 24.3. The van der Waals surface area contributed by atoms with Crippen LogP contribution in [-0.2, 0) is 9.47 Å². The predicted molar refractivity (Wildman–Crippen MR) is 129 cm³/mol. The van der Waals surface area contributed by atoms with Crippen molar-refractivity contribution in [3.8, 4) is 22.7 Å². The van der Waals surface area contributed by atoms with Gasteiger partial charge in [0.1, 0.15) is 19.3 Å². The van der Waals surface area contributed by atoms with Crippen molar-refractivity contribution in [2.45, 2.75) is 72.4 Å². The molecule has 1 heterocycles. The summed E-state index contributed by atoms with van der Waals surface area (Å²) in [6.45, 7) is 17.1. The van der Waals surface area contributed by atoms with Crippen LogP contribution in [0.1, 0.15) is 47.1 Å². The molecule has 0 aliphatic heterocycles. The number of carbonyl (C=O) groups excluding carboxylic acids is 2. The molecule has 1 N–H and O–H groups in total. The van der Waals surface area contributed by atoms with E-state index in [9.17, 15) is 9.59 Å². The SMILES string of the molecule is CC(C)(C)OC(=O)Nc1ncc(-c2ccc(C#C[Si](C)(C)C)cc2)n1C(=O)OC(C)(C)C. The Hall–Kier alpha value is -3.05. The van der Waals surface area contributed by atoms with Crippen molar-refractivity contribution in [2.75, 3.05) is 5.32 Å². The third-order valence-electron chi connectivity index (χ3n) is 3.71. The smallest absolute Gasteiger partial charge is 0.421 e. The maximum atomic E-state index is 13.0. The van der Waals surface area contributed by atoms with Gasteiger partial charge in [0.05, 0.1) is 11.9 Å². The molecule has 0 aliphatic rings. The monoisotopic (exact) mass is 455 g/mol. The quantitative estimate of drug-likeness (QED) is 0.450. The summed E-state index contributed by atoms with van der Waals surface area (Å²) in [6, 6.07) is 7.53. The highest BCUT2D eigenvalue weighted by molar-refractivity contribution is 6.83. The molecule has 1 aromatic heterocycles. The maximum absolute atomic E-state index is 13.0. The molecular formula is C24H33N3O4Si. The van der Waals surface area contributed by atoms with Crippen molar-refractivity contribution in [1.82, 2.24) is 9.55 Å². The van der Waals surface area contributed by atoms with Crippen molar-refractivity contribution in [3.05, 3.63) is 36.0 Å². The van der Waals surface area contributed by atoms with E-state index in [2.05, 4.69) is 41.4 Å². The van der Waals surface area contributed by atoms with Crippen LogP contribution in [0.5, 0.6) is 0 Å². The van der Waals surface area contributed by atoms with Crippen LogP contribution in [0, 0.1) is 11.5 Å². The fourth-order valence-electron chi connectivity index (χ4n) is 2.51. The minimum Gasteiger partial charge on any atom is -0.444 e. The zero-order valence-electron chi connectivity index (χ0n) is 20.4. The molecule has 0 saturated carbocycles. The number of aromatic nitrogens is 2. The van der Waals surface area contributed by atoms with E-state index in [4.69, 9.17) is 9.47 Å². The van der Waals surface area contributed by atoms with Crippen LogP contribution in [0.2, 0.25) is 19.6 Å². The van der Waals surface area contributed by atoms with Crippen LogP contribution >= 0.6 is 0 Å². The molecule has 0 atom stereocenters. The molecule has 8 heteroatoms. The standard InChI is InChI=1S/C24H33N3O4Si/c1-23(2,3)30-21(28)26-20-25-16-19(27(20)22(29)31-24(4,5)6)18-12-10-17(11-13-18)14-15-32(7,8)9/h10-13,16H,1-9H3,(H,25,26,28). The van der Waals surface area contributed by atoms with Gasteiger partial charge >= 0.3 is 12.2 Å². The summed E-state index contributed by atoms with van der Waals surface area (Å²) in [5.41, 5.74) is 4.03. The Bertz CT molecular complexity index is 1040. The summed E-state index contributed by atoms with van der Waals surface area (Å²) in [5.74, 6) is 3.23. The summed E-state index contributed by atoms with van der Waals surface area (Å²) in [6.07, 6.45) is 0.148. The Morgan fingerprint density at radius 3 is 2.03 bits per heavy atom. The van der Waals surface area contributed by atoms with Crippen molar-refractivity contribution in [2.24, 2.45) is 0 Å². The van der Waals surface area contributed by atoms with Crippen molar-refractivity contribution < 1.29 is 19.1 Å². The molecule has 0 spiro atoms. The van der Waals surface area contributed by atoms with E-state index in [0.717, 1.165) is 11.1 Å². The van der Waals surface area contributed by atoms with Crippen LogP contribution in [-0.4, -0.2) is 41.0 Å². The Morgan fingerprint density at radius 2 is 1.53 bits per heavy atom. The number of hydrogen-bond acceptors (Lipinski definition) is 5. The van der Waals surface area contributed by atoms with E-state index in [1.807, 2.05) is 24.3 Å². The first-order valence-electron chi connectivity index (χ1n) is 10.5. The second-order valence-electron chi connectivity index (χ2n) is 10.5. The molecule has 1 amide bonds. The minimum atomic E-state index is -1.48. The lowest BCUT2D eigenvalue weighted by atomic mass is 10.1. The van der Waals surface area contributed by atoms with E-state index >= 15 is 0 Å². The summed E-state index contributed by atoms with van der Waals surface area (Å²) < 4.78 is 12.1. The number of amides is 1. The summed E-state index contributed by atoms with van der Waals surface area (Å²) in [4.78, 5) is 29.5. The largest absolute Gasteiger partial charge is 0.444 e. The highest BCUT2D eigenvalue weighted by Crippen LogP contribution is 2.26. The molecule has 2 rings (SSSR count). The number of nitrogens with one attached hydrogen (secondary N) is 1. The van der Waals surface area contributed by atoms with Crippen LogP contribution in [0.25, 0.3) is 11.3 Å². The first kappa shape index (κ1) is 25.2. The molecule has 1 aromatic carbocycles. The lowest BCUT2D eigenvalue weighted by Gasteiger charge is -2.22. The first-order chi connectivity index (χ1) is 14.5. The average Bonchev–Trinajstić information content (AvgIpc) is 3.00. The number of anilines is 1. The molecule has 0 unspecified atom stereocenters. The third kappa shape index (κ3) is 7.89. The molecule has 172 valence electrons. The number of carbonyl (C=O) groups is 2. The van der Waals surface area contributed by atoms with E-state index in [-0.39, 0.29) is 5.95 Å². The summed E-state index contributed by atoms with van der Waals surface area (Å²) >= 11 is 0. The number of hydrogen-bond donors (Lipinski definition) is 1. The van der Waals surface area contributed by atoms with Crippen LogP contribution in [0.3, 0.4) is 0 Å². The Kier molecular flexibility index (Phi) is 7.25. The van der Waals surface area contributed by atoms with Crippen molar-refractivity contribution >= 4 is 26.2 Å². The molecule has 0 bridgehead atoms. The average molecular weight is 456 g/mol. The predicted octanol–water partition coefficient (Wildman–Crippen LogP) is 5.91. The Morgan fingerprint density at radius 1 is 0.969 bits per heavy atom. The van der Waals surface area contributed by atoms with Crippen LogP contribution in [0.4, 0.5) is 15.5 Å². The van der Waals surface area contributed by atoms with E-state index < -0.39 is 31.5 Å². The topological polar surface area (TPSA) is 82.5 Å². The summed E-state index contributed by atoms with van der Waals surface area (Å²) in [5, 5.41) is 2.54. The Balaban J connectivity index is 2.43. The maximum Gasteiger partial charge on any atom is 0.421 e. The second-order valence-corrected chi connectivity index (χ2v) is 15.2. The fourth-order valence-corrected chi connectivity index (χ4v) is 3.03. The molecule has 0 fully saturated rings. The van der Waals surface area contributed by atoms with Gasteiger partial charge in [-0.1, -0.05) is 37.7 Å². The van der Waals surface area contributed by atoms with Gasteiger partial charge < -0.3 is 9.47 Å². The lowest BCUT2D eigenvalue weighted by molar-refractivity contribution is 0.0542. The van der Waals surface area contributed by atoms with Gasteiger partial charge in [-0.3, -0.25) is 5.32 Å². The van der Waals surface area contributed by atoms with Gasteiger partial charge in [-0.2, -0.15) is 0 Å². The van der Waals surface area contributed by atoms with Gasteiger partial charge in [0, 0.05) is 11.1 Å². The number of ether oxygens (including phenoxy) is 2. The van der Waals surface area contributed by atoms with E-state index in [0.29, 0.717) is 5.69 Å². The number of imidazole rings is 1. The first-order valence-corrected chi connectivity index (χ1v) is 14.0. The van der Waals surface area contributed by atoms with E-state index in [1.165, 1.54) is 10.8 Å². The minimum absolute atomic E-state index is 0.0195. The molecular weight excluding hydrogens is 422 g/mol. The highest BCUT2D eigenvalue weighted by atomic mass is 28.3. The molecule has 0 radical (unpaired) electrons. The van der Waals surface area contributed by atoms with Crippen molar-refractivity contribution in [3.63, 3.8) is 0 Å². The van der Waals surface area contributed by atoms with Gasteiger partial charge in [0.15, 0.2) is 0 Å². The summed E-state index contributed by atoms with van der Waals surface area (Å²) in [7, 11) is -1.48. The Labute approximate surface area is 191 Å². The number of rotatable bonds is 2. The normalized spacial score (nSPS) is 11.9. The second kappa shape index (κ2) is 9.21. The zero-order valence-corrected chi connectivity index (χ0v) is 21.4. The van der Waals surface area contributed by atoms with E-state index in [1.54, 1.807) is 41.5 Å². The number of benzene rings is 1. The molecule has 0 aliphatic carbocycles. The van der Waals surface area contributed by atoms with Crippen molar-refractivity contribution in [1.29, 1.82) is 0 Å².